The second kappa shape index (κ2) is 11.7. The lowest BCUT2D eigenvalue weighted by molar-refractivity contribution is -0.118. The standard InChI is InChI=1S/C23H24Cl2N6O3S/c1-15-13-30(7-8-31(15)23(33)27-17-5-2-4-16(24)10-17)20-11-19(25)28-22(29-20)35-14-21(32)26-12-18-6-3-9-34-18/h2-6,9-11,15H,7-8,12-14H2,1H3,(H,26,32)(H,27,33). The van der Waals surface area contributed by atoms with Crippen LogP contribution in [0.1, 0.15) is 12.7 Å². The maximum Gasteiger partial charge on any atom is 0.322 e. The molecule has 2 N–H and O–H groups in total. The van der Waals surface area contributed by atoms with E-state index in [1.165, 1.54) is 11.8 Å². The second-order valence-electron chi connectivity index (χ2n) is 7.91. The smallest absolute Gasteiger partial charge is 0.322 e. The van der Waals surface area contributed by atoms with Crippen molar-refractivity contribution in [2.45, 2.75) is 24.7 Å². The number of amides is 3. The van der Waals surface area contributed by atoms with Crippen LogP contribution in [0.5, 0.6) is 0 Å². The van der Waals surface area contributed by atoms with Crippen molar-refractivity contribution in [1.29, 1.82) is 0 Å². The minimum atomic E-state index is -0.183. The van der Waals surface area contributed by atoms with Crippen LogP contribution in [-0.4, -0.2) is 58.2 Å². The first-order chi connectivity index (χ1) is 16.9. The summed E-state index contributed by atoms with van der Waals surface area (Å²) in [6.45, 7) is 3.96. The van der Waals surface area contributed by atoms with E-state index in [1.54, 1.807) is 53.6 Å². The molecule has 4 rings (SSSR count). The Bertz CT molecular complexity index is 1180. The van der Waals surface area contributed by atoms with Crippen LogP contribution in [-0.2, 0) is 11.3 Å². The molecule has 1 aliphatic heterocycles. The van der Waals surface area contributed by atoms with Gasteiger partial charge in [-0.15, -0.1) is 0 Å². The van der Waals surface area contributed by atoms with Gasteiger partial charge in [0.2, 0.25) is 5.91 Å². The molecule has 0 spiro atoms. The van der Waals surface area contributed by atoms with Crippen molar-refractivity contribution in [1.82, 2.24) is 20.2 Å². The Morgan fingerprint density at radius 3 is 2.77 bits per heavy atom. The summed E-state index contributed by atoms with van der Waals surface area (Å²) in [5.74, 6) is 1.32. The van der Waals surface area contributed by atoms with Gasteiger partial charge in [-0.3, -0.25) is 4.79 Å². The van der Waals surface area contributed by atoms with Crippen LogP contribution in [0.2, 0.25) is 10.2 Å². The highest BCUT2D eigenvalue weighted by atomic mass is 35.5. The van der Waals surface area contributed by atoms with Crippen molar-refractivity contribution < 1.29 is 14.0 Å². The largest absolute Gasteiger partial charge is 0.467 e. The fourth-order valence-electron chi connectivity index (χ4n) is 3.62. The van der Waals surface area contributed by atoms with Gasteiger partial charge in [-0.25, -0.2) is 14.8 Å². The number of nitrogens with one attached hydrogen (secondary N) is 2. The Labute approximate surface area is 217 Å². The maximum absolute atomic E-state index is 12.8. The molecule has 0 aliphatic carbocycles. The molecule has 1 saturated heterocycles. The van der Waals surface area contributed by atoms with E-state index in [1.807, 2.05) is 6.92 Å². The molecule has 0 saturated carbocycles. The molecule has 9 nitrogen and oxygen atoms in total. The molecule has 3 amide bonds. The van der Waals surface area contributed by atoms with Gasteiger partial charge >= 0.3 is 6.03 Å². The van der Waals surface area contributed by atoms with E-state index < -0.39 is 0 Å². The SMILES string of the molecule is CC1CN(c2cc(Cl)nc(SCC(=O)NCc3ccco3)n2)CCN1C(=O)Nc1cccc(Cl)c1. The predicted molar refractivity (Wildman–Crippen MR) is 137 cm³/mol. The van der Waals surface area contributed by atoms with Gasteiger partial charge in [-0.2, -0.15) is 0 Å². The van der Waals surface area contributed by atoms with Gasteiger partial charge in [0.05, 0.1) is 18.6 Å². The van der Waals surface area contributed by atoms with Crippen LogP contribution in [0.3, 0.4) is 0 Å². The van der Waals surface area contributed by atoms with Crippen molar-refractivity contribution in [2.75, 3.05) is 35.6 Å². The first-order valence-corrected chi connectivity index (χ1v) is 12.7. The van der Waals surface area contributed by atoms with Crippen LogP contribution in [0.25, 0.3) is 0 Å². The molecular formula is C23H24Cl2N6O3S. The molecule has 2 aromatic heterocycles. The number of nitrogens with zero attached hydrogens (tertiary/aromatic N) is 4. The number of urea groups is 1. The van der Waals surface area contributed by atoms with Gasteiger partial charge in [0.15, 0.2) is 5.16 Å². The van der Waals surface area contributed by atoms with E-state index in [9.17, 15) is 9.59 Å². The number of thioether (sulfide) groups is 1. The topological polar surface area (TPSA) is 104 Å². The molecule has 1 unspecified atom stereocenters. The molecule has 35 heavy (non-hydrogen) atoms. The summed E-state index contributed by atoms with van der Waals surface area (Å²) in [5, 5.41) is 6.94. The Kier molecular flexibility index (Phi) is 8.37. The molecule has 1 fully saturated rings. The van der Waals surface area contributed by atoms with Crippen LogP contribution in [0.15, 0.2) is 58.3 Å². The lowest BCUT2D eigenvalue weighted by Crippen LogP contribution is -2.55. The zero-order valence-electron chi connectivity index (χ0n) is 18.9. The number of benzene rings is 1. The zero-order valence-corrected chi connectivity index (χ0v) is 21.2. The van der Waals surface area contributed by atoms with Crippen molar-refractivity contribution in [2.24, 2.45) is 0 Å². The molecule has 1 aromatic carbocycles. The lowest BCUT2D eigenvalue weighted by atomic mass is 10.2. The summed E-state index contributed by atoms with van der Waals surface area (Å²) in [7, 11) is 0. The first kappa shape index (κ1) is 25.2. The van der Waals surface area contributed by atoms with Gasteiger partial charge in [-0.05, 0) is 37.3 Å². The molecular weight excluding hydrogens is 511 g/mol. The fraction of sp³-hybridized carbons (Fsp3) is 0.304. The first-order valence-electron chi connectivity index (χ1n) is 10.9. The Balaban J connectivity index is 1.32. The number of hydrogen-bond donors (Lipinski definition) is 2. The normalized spacial score (nSPS) is 15.7. The van der Waals surface area contributed by atoms with Gasteiger partial charge < -0.3 is 24.9 Å². The average molecular weight is 535 g/mol. The highest BCUT2D eigenvalue weighted by Gasteiger charge is 2.28. The van der Waals surface area contributed by atoms with Crippen molar-refractivity contribution in [3.8, 4) is 0 Å². The van der Waals surface area contributed by atoms with E-state index in [0.717, 1.165) is 0 Å². The van der Waals surface area contributed by atoms with Crippen molar-refractivity contribution in [3.05, 3.63) is 64.7 Å². The van der Waals surface area contributed by atoms with E-state index in [0.29, 0.717) is 58.8 Å². The molecule has 3 heterocycles. The zero-order chi connectivity index (χ0) is 24.8. The Hall–Kier alpha value is -2.95. The minimum absolute atomic E-state index is 0.0693. The number of rotatable bonds is 7. The third-order valence-corrected chi connectivity index (χ3v) is 6.60. The molecule has 3 aromatic rings. The number of hydrogen-bond acceptors (Lipinski definition) is 7. The molecule has 0 radical (unpaired) electrons. The number of furan rings is 1. The van der Waals surface area contributed by atoms with Crippen LogP contribution < -0.4 is 15.5 Å². The lowest BCUT2D eigenvalue weighted by Gasteiger charge is -2.40. The third kappa shape index (κ3) is 7.03. The Morgan fingerprint density at radius 1 is 1.17 bits per heavy atom. The second-order valence-corrected chi connectivity index (χ2v) is 9.67. The number of carbonyl (C=O) groups excluding carboxylic acids is 2. The highest BCUT2D eigenvalue weighted by Crippen LogP contribution is 2.24. The number of anilines is 2. The summed E-state index contributed by atoms with van der Waals surface area (Å²) >= 11 is 13.5. The monoisotopic (exact) mass is 534 g/mol. The van der Waals surface area contributed by atoms with Gasteiger partial charge in [0.1, 0.15) is 16.7 Å². The van der Waals surface area contributed by atoms with Crippen molar-refractivity contribution >= 4 is 58.4 Å². The maximum atomic E-state index is 12.8. The predicted octanol–water partition coefficient (Wildman–Crippen LogP) is 4.53. The van der Waals surface area contributed by atoms with Gasteiger partial charge in [0.25, 0.3) is 0 Å². The quantitative estimate of drug-likeness (QED) is 0.260. The number of halogens is 2. The van der Waals surface area contributed by atoms with Crippen LogP contribution in [0, 0.1) is 0 Å². The number of carbonyl (C=O) groups is 2. The molecule has 1 aliphatic rings. The third-order valence-electron chi connectivity index (χ3n) is 5.32. The highest BCUT2D eigenvalue weighted by molar-refractivity contribution is 7.99. The average Bonchev–Trinajstić information content (AvgIpc) is 3.35. The number of aromatic nitrogens is 2. The minimum Gasteiger partial charge on any atom is -0.467 e. The molecule has 1 atom stereocenters. The van der Waals surface area contributed by atoms with E-state index in [-0.39, 0.29) is 23.7 Å². The van der Waals surface area contributed by atoms with Gasteiger partial charge in [-0.1, -0.05) is 41.0 Å². The van der Waals surface area contributed by atoms with Gasteiger partial charge in [0, 0.05) is 42.5 Å². The van der Waals surface area contributed by atoms with E-state index in [2.05, 4.69) is 25.5 Å². The van der Waals surface area contributed by atoms with E-state index in [4.69, 9.17) is 27.6 Å². The number of piperazine rings is 1. The summed E-state index contributed by atoms with van der Waals surface area (Å²) in [6.07, 6.45) is 1.56. The fourth-order valence-corrected chi connectivity index (χ4v) is 4.72. The van der Waals surface area contributed by atoms with Crippen molar-refractivity contribution in [3.63, 3.8) is 0 Å². The summed E-state index contributed by atoms with van der Waals surface area (Å²) < 4.78 is 5.21. The summed E-state index contributed by atoms with van der Waals surface area (Å²) in [4.78, 5) is 37.6. The van der Waals surface area contributed by atoms with E-state index >= 15 is 0 Å². The summed E-state index contributed by atoms with van der Waals surface area (Å²) in [6, 6.07) is 12.0. The molecule has 184 valence electrons. The molecule has 12 heteroatoms. The summed E-state index contributed by atoms with van der Waals surface area (Å²) in [5.41, 5.74) is 0.648. The van der Waals surface area contributed by atoms with Crippen LogP contribution in [0.4, 0.5) is 16.3 Å². The van der Waals surface area contributed by atoms with Crippen LogP contribution >= 0.6 is 35.0 Å². The Morgan fingerprint density at radius 2 is 2.03 bits per heavy atom. The molecule has 0 bridgehead atoms.